The third kappa shape index (κ3) is 13.3. The van der Waals surface area contributed by atoms with Gasteiger partial charge in [0.25, 0.3) is 0 Å². The first kappa shape index (κ1) is 23.9. The summed E-state index contributed by atoms with van der Waals surface area (Å²) in [7, 11) is 0. The minimum absolute atomic E-state index is 0. The number of esters is 1. The highest BCUT2D eigenvalue weighted by molar-refractivity contribution is 5.93. The standard InChI is InChI=1S/C9H18O2.C7H12O.CH4/c1-8(2,3)7(10)11-9(4,5)6;1-5-6(8)7(2,3)4;/h1-6H3;5H,1H2,2-4H3;1H4. The van der Waals surface area contributed by atoms with Gasteiger partial charge in [-0.25, -0.2) is 0 Å². The van der Waals surface area contributed by atoms with Gasteiger partial charge in [-0.15, -0.1) is 0 Å². The molecule has 0 heterocycles. The van der Waals surface area contributed by atoms with Crippen molar-refractivity contribution in [3.05, 3.63) is 12.7 Å². The monoisotopic (exact) mass is 286 g/mol. The number of allylic oxidation sites excluding steroid dienone is 1. The quantitative estimate of drug-likeness (QED) is 0.514. The predicted octanol–water partition coefficient (Wildman–Crippen LogP) is 4.80. The molecule has 0 N–H and O–H groups in total. The lowest BCUT2D eigenvalue weighted by Gasteiger charge is -2.25. The van der Waals surface area contributed by atoms with Crippen molar-refractivity contribution in [3.8, 4) is 0 Å². The minimum Gasteiger partial charge on any atom is -0.460 e. The lowest BCUT2D eigenvalue weighted by molar-refractivity contribution is -0.164. The maximum Gasteiger partial charge on any atom is 0.311 e. The van der Waals surface area contributed by atoms with Gasteiger partial charge in [0.15, 0.2) is 5.78 Å². The lowest BCUT2D eigenvalue weighted by atomic mass is 9.91. The van der Waals surface area contributed by atoms with Crippen LogP contribution in [0.3, 0.4) is 0 Å². The molecule has 3 heteroatoms. The molecule has 3 nitrogen and oxygen atoms in total. The number of hydrogen-bond acceptors (Lipinski definition) is 3. The van der Waals surface area contributed by atoms with Gasteiger partial charge < -0.3 is 4.74 Å². The van der Waals surface area contributed by atoms with Gasteiger partial charge in [-0.1, -0.05) is 34.8 Å². The number of ether oxygens (including phenoxy) is 1. The summed E-state index contributed by atoms with van der Waals surface area (Å²) in [5.41, 5.74) is -1.01. The molecule has 0 spiro atoms. The van der Waals surface area contributed by atoms with Crippen molar-refractivity contribution in [1.82, 2.24) is 0 Å². The normalized spacial score (nSPS) is 11.4. The van der Waals surface area contributed by atoms with Crippen molar-refractivity contribution in [2.75, 3.05) is 0 Å². The maximum atomic E-state index is 11.3. The number of ketones is 1. The van der Waals surface area contributed by atoms with Crippen LogP contribution in [0.25, 0.3) is 0 Å². The fourth-order valence-corrected chi connectivity index (χ4v) is 0.737. The zero-order chi connectivity index (χ0) is 16.1. The van der Waals surface area contributed by atoms with E-state index in [9.17, 15) is 9.59 Å². The molecule has 0 unspecified atom stereocenters. The average Bonchev–Trinajstić information content (AvgIpc) is 2.11. The van der Waals surface area contributed by atoms with Crippen LogP contribution in [-0.2, 0) is 14.3 Å². The molecular weight excluding hydrogens is 252 g/mol. The van der Waals surface area contributed by atoms with Crippen LogP contribution in [0.15, 0.2) is 12.7 Å². The van der Waals surface area contributed by atoms with Crippen molar-refractivity contribution < 1.29 is 14.3 Å². The summed E-state index contributed by atoms with van der Waals surface area (Å²) >= 11 is 0. The van der Waals surface area contributed by atoms with E-state index in [1.807, 2.05) is 62.3 Å². The fourth-order valence-electron chi connectivity index (χ4n) is 0.737. The molecule has 0 aliphatic heterocycles. The van der Waals surface area contributed by atoms with Crippen LogP contribution in [0.4, 0.5) is 0 Å². The van der Waals surface area contributed by atoms with Crippen LogP contribution in [0.1, 0.15) is 69.7 Å². The molecule has 0 saturated heterocycles. The lowest BCUT2D eigenvalue weighted by Crippen LogP contribution is -2.31. The van der Waals surface area contributed by atoms with Crippen molar-refractivity contribution in [3.63, 3.8) is 0 Å². The Hall–Kier alpha value is -1.12. The van der Waals surface area contributed by atoms with Gasteiger partial charge in [0.2, 0.25) is 0 Å². The van der Waals surface area contributed by atoms with Crippen LogP contribution in [0.5, 0.6) is 0 Å². The summed E-state index contributed by atoms with van der Waals surface area (Å²) in [6.07, 6.45) is 1.36. The Bertz CT molecular complexity index is 320. The highest BCUT2D eigenvalue weighted by Gasteiger charge is 2.27. The fraction of sp³-hybridized carbons (Fsp3) is 0.765. The molecule has 0 amide bonds. The molecule has 0 aromatic heterocycles. The first-order valence-electron chi connectivity index (χ1n) is 6.51. The summed E-state index contributed by atoms with van der Waals surface area (Å²) in [4.78, 5) is 22.0. The molecule has 0 atom stereocenters. The second-order valence-corrected chi connectivity index (χ2v) is 7.57. The zero-order valence-electron chi connectivity index (χ0n) is 14.0. The Morgan fingerprint density at radius 1 is 0.850 bits per heavy atom. The first-order valence-corrected chi connectivity index (χ1v) is 6.51. The Balaban J connectivity index is -0.000000288. The smallest absolute Gasteiger partial charge is 0.311 e. The predicted molar refractivity (Wildman–Crippen MR) is 86.7 cm³/mol. The van der Waals surface area contributed by atoms with Gasteiger partial charge in [-0.2, -0.15) is 0 Å². The second-order valence-electron chi connectivity index (χ2n) is 7.57. The third-order valence-electron chi connectivity index (χ3n) is 1.94. The average molecular weight is 286 g/mol. The molecule has 20 heavy (non-hydrogen) atoms. The van der Waals surface area contributed by atoms with Gasteiger partial charge >= 0.3 is 5.97 Å². The molecule has 0 rings (SSSR count). The van der Waals surface area contributed by atoms with Crippen molar-refractivity contribution in [2.45, 2.75) is 75.3 Å². The van der Waals surface area contributed by atoms with Crippen molar-refractivity contribution in [1.29, 1.82) is 0 Å². The van der Waals surface area contributed by atoms with Gasteiger partial charge in [-0.05, 0) is 47.6 Å². The third-order valence-corrected chi connectivity index (χ3v) is 1.94. The van der Waals surface area contributed by atoms with Gasteiger partial charge in [0, 0.05) is 5.41 Å². The highest BCUT2D eigenvalue weighted by Crippen LogP contribution is 2.19. The SMILES string of the molecule is C.C=CC(=O)C(C)(C)C.CC(C)(C)OC(=O)C(C)(C)C. The van der Waals surface area contributed by atoms with E-state index in [1.165, 1.54) is 6.08 Å². The van der Waals surface area contributed by atoms with E-state index in [2.05, 4.69) is 6.58 Å². The number of carbonyl (C=O) groups excluding carboxylic acids is 2. The van der Waals surface area contributed by atoms with Gasteiger partial charge in [-0.3, -0.25) is 9.59 Å². The highest BCUT2D eigenvalue weighted by atomic mass is 16.6. The molecule has 0 aromatic carbocycles. The minimum atomic E-state index is -0.396. The molecule has 0 saturated carbocycles. The van der Waals surface area contributed by atoms with Crippen LogP contribution in [0, 0.1) is 10.8 Å². The molecule has 0 aliphatic rings. The zero-order valence-corrected chi connectivity index (χ0v) is 14.0. The van der Waals surface area contributed by atoms with Crippen molar-refractivity contribution >= 4 is 11.8 Å². The summed E-state index contributed by atoms with van der Waals surface area (Å²) < 4.78 is 5.16. The molecule has 0 radical (unpaired) electrons. The van der Waals surface area contributed by atoms with E-state index >= 15 is 0 Å². The molecule has 0 bridgehead atoms. The van der Waals surface area contributed by atoms with Crippen molar-refractivity contribution in [2.24, 2.45) is 10.8 Å². The molecule has 0 fully saturated rings. The summed E-state index contributed by atoms with van der Waals surface area (Å²) in [6.45, 7) is 20.2. The Kier molecular flexibility index (Phi) is 9.85. The van der Waals surface area contributed by atoms with E-state index in [0.717, 1.165) is 0 Å². The van der Waals surface area contributed by atoms with E-state index in [0.29, 0.717) is 0 Å². The summed E-state index contributed by atoms with van der Waals surface area (Å²) in [5.74, 6) is -0.0532. The second kappa shape index (κ2) is 8.23. The molecule has 0 aliphatic carbocycles. The van der Waals surface area contributed by atoms with E-state index in [4.69, 9.17) is 4.74 Å². The molecular formula is C17H34O3. The van der Waals surface area contributed by atoms with Crippen LogP contribution < -0.4 is 0 Å². The Labute approximate surface area is 125 Å². The van der Waals surface area contributed by atoms with Gasteiger partial charge in [0.1, 0.15) is 5.60 Å². The van der Waals surface area contributed by atoms with E-state index in [1.54, 1.807) is 0 Å². The van der Waals surface area contributed by atoms with Crippen LogP contribution in [-0.4, -0.2) is 17.4 Å². The van der Waals surface area contributed by atoms with Gasteiger partial charge in [0.05, 0.1) is 5.41 Å². The first-order chi connectivity index (χ1) is 8.11. The van der Waals surface area contributed by atoms with Crippen LogP contribution in [0.2, 0.25) is 0 Å². The van der Waals surface area contributed by atoms with Crippen LogP contribution >= 0.6 is 0 Å². The number of carbonyl (C=O) groups is 2. The molecule has 0 aromatic rings. The number of hydrogen-bond donors (Lipinski definition) is 0. The number of rotatable bonds is 1. The van der Waals surface area contributed by atoms with E-state index in [-0.39, 0.29) is 30.2 Å². The summed E-state index contributed by atoms with van der Waals surface area (Å²) in [5, 5.41) is 0. The largest absolute Gasteiger partial charge is 0.460 e. The topological polar surface area (TPSA) is 43.4 Å². The summed E-state index contributed by atoms with van der Waals surface area (Å²) in [6, 6.07) is 0. The molecule has 120 valence electrons. The Morgan fingerprint density at radius 2 is 1.20 bits per heavy atom. The van der Waals surface area contributed by atoms with E-state index < -0.39 is 5.41 Å². The Morgan fingerprint density at radius 3 is 1.25 bits per heavy atom. The maximum absolute atomic E-state index is 11.3.